The van der Waals surface area contributed by atoms with Gasteiger partial charge in [-0.1, -0.05) is 19.1 Å². The molecule has 82 valence electrons. The fourth-order valence-electron chi connectivity index (χ4n) is 1.46. The summed E-state index contributed by atoms with van der Waals surface area (Å²) in [5.74, 6) is 0.0412. The highest BCUT2D eigenvalue weighted by atomic mass is 16.5. The molecule has 1 N–H and O–H groups in total. The monoisotopic (exact) mass is 208 g/mol. The second-order valence-electron chi connectivity index (χ2n) is 3.50. The summed E-state index contributed by atoms with van der Waals surface area (Å²) in [4.78, 5) is 10.6. The summed E-state index contributed by atoms with van der Waals surface area (Å²) in [6.45, 7) is 4.45. The summed E-state index contributed by atoms with van der Waals surface area (Å²) in [5.41, 5.74) is 1.00. The van der Waals surface area contributed by atoms with Gasteiger partial charge in [0.1, 0.15) is 5.75 Å². The first kappa shape index (κ1) is 11.6. The van der Waals surface area contributed by atoms with Crippen molar-refractivity contribution in [1.82, 2.24) is 0 Å². The van der Waals surface area contributed by atoms with Crippen LogP contribution in [0.15, 0.2) is 24.3 Å². The largest absolute Gasteiger partial charge is 0.494 e. The third-order valence-corrected chi connectivity index (χ3v) is 2.22. The minimum atomic E-state index is -0.774. The fourth-order valence-corrected chi connectivity index (χ4v) is 1.46. The third kappa shape index (κ3) is 3.62. The second-order valence-corrected chi connectivity index (χ2v) is 3.50. The van der Waals surface area contributed by atoms with Gasteiger partial charge in [0.2, 0.25) is 0 Å². The van der Waals surface area contributed by atoms with Crippen LogP contribution < -0.4 is 4.74 Å². The van der Waals surface area contributed by atoms with Gasteiger partial charge in [-0.25, -0.2) is 0 Å². The van der Waals surface area contributed by atoms with E-state index in [4.69, 9.17) is 9.84 Å². The lowest BCUT2D eigenvalue weighted by Gasteiger charge is -2.11. The van der Waals surface area contributed by atoms with Crippen molar-refractivity contribution in [3.05, 3.63) is 29.8 Å². The van der Waals surface area contributed by atoms with Gasteiger partial charge in [-0.2, -0.15) is 0 Å². The molecule has 3 nitrogen and oxygen atoms in total. The Labute approximate surface area is 89.7 Å². The molecule has 0 bridgehead atoms. The van der Waals surface area contributed by atoms with E-state index in [1.54, 1.807) is 0 Å². The SMILES string of the molecule is CCOc1cccc(C(C)CC(=O)O)c1. The highest BCUT2D eigenvalue weighted by Crippen LogP contribution is 2.23. The molecule has 0 aliphatic carbocycles. The topological polar surface area (TPSA) is 46.5 Å². The van der Waals surface area contributed by atoms with E-state index in [2.05, 4.69) is 0 Å². The van der Waals surface area contributed by atoms with Crippen molar-refractivity contribution in [2.24, 2.45) is 0 Å². The highest BCUT2D eigenvalue weighted by molar-refractivity contribution is 5.68. The molecule has 1 unspecified atom stereocenters. The summed E-state index contributed by atoms with van der Waals surface area (Å²) in [6.07, 6.45) is 0.148. The zero-order valence-electron chi connectivity index (χ0n) is 9.06. The maximum absolute atomic E-state index is 10.6. The number of aliphatic carboxylic acids is 1. The van der Waals surface area contributed by atoms with Gasteiger partial charge in [-0.3, -0.25) is 4.79 Å². The summed E-state index contributed by atoms with van der Waals surface area (Å²) in [6, 6.07) is 7.59. The maximum atomic E-state index is 10.6. The van der Waals surface area contributed by atoms with Gasteiger partial charge in [-0.05, 0) is 30.5 Å². The van der Waals surface area contributed by atoms with Crippen LogP contribution >= 0.6 is 0 Å². The van der Waals surface area contributed by atoms with Crippen LogP contribution in [-0.4, -0.2) is 17.7 Å². The molecular weight excluding hydrogens is 192 g/mol. The van der Waals surface area contributed by atoms with Crippen LogP contribution in [-0.2, 0) is 4.79 Å². The zero-order valence-corrected chi connectivity index (χ0v) is 9.06. The Kier molecular flexibility index (Phi) is 4.16. The Morgan fingerprint density at radius 3 is 2.87 bits per heavy atom. The first-order chi connectivity index (χ1) is 7.13. The average Bonchev–Trinajstić information content (AvgIpc) is 2.17. The van der Waals surface area contributed by atoms with E-state index in [-0.39, 0.29) is 12.3 Å². The normalized spacial score (nSPS) is 12.1. The fraction of sp³-hybridized carbons (Fsp3) is 0.417. The van der Waals surface area contributed by atoms with Crippen molar-refractivity contribution in [3.8, 4) is 5.75 Å². The van der Waals surface area contributed by atoms with Gasteiger partial charge < -0.3 is 9.84 Å². The molecule has 1 aromatic rings. The molecule has 0 spiro atoms. The predicted octanol–water partition coefficient (Wildman–Crippen LogP) is 2.66. The Bertz CT molecular complexity index is 333. The van der Waals surface area contributed by atoms with Gasteiger partial charge in [0.15, 0.2) is 0 Å². The smallest absolute Gasteiger partial charge is 0.303 e. The summed E-state index contributed by atoms with van der Waals surface area (Å²) in [5, 5.41) is 8.69. The molecular formula is C12H16O3. The van der Waals surface area contributed by atoms with Crippen LogP contribution in [0.25, 0.3) is 0 Å². The number of carbonyl (C=O) groups is 1. The minimum absolute atomic E-state index is 0.0166. The van der Waals surface area contributed by atoms with E-state index in [9.17, 15) is 4.79 Å². The standard InChI is InChI=1S/C12H16O3/c1-3-15-11-6-4-5-10(8-11)9(2)7-12(13)14/h4-6,8-9H,3,7H2,1-2H3,(H,13,14). The molecule has 1 atom stereocenters. The molecule has 0 aliphatic heterocycles. The molecule has 0 fully saturated rings. The number of carboxylic acid groups (broad SMARTS) is 1. The molecule has 0 aromatic heterocycles. The number of hydrogen-bond donors (Lipinski definition) is 1. The van der Waals surface area contributed by atoms with Gasteiger partial charge in [0.25, 0.3) is 0 Å². The maximum Gasteiger partial charge on any atom is 0.303 e. The Balaban J connectivity index is 2.75. The average molecular weight is 208 g/mol. The molecule has 0 aliphatic rings. The minimum Gasteiger partial charge on any atom is -0.494 e. The van der Waals surface area contributed by atoms with Gasteiger partial charge >= 0.3 is 5.97 Å². The molecule has 1 rings (SSSR count). The Hall–Kier alpha value is -1.51. The van der Waals surface area contributed by atoms with E-state index < -0.39 is 5.97 Å². The van der Waals surface area contributed by atoms with Crippen molar-refractivity contribution >= 4 is 5.97 Å². The first-order valence-electron chi connectivity index (χ1n) is 5.08. The van der Waals surface area contributed by atoms with Crippen LogP contribution in [0.3, 0.4) is 0 Å². The summed E-state index contributed by atoms with van der Waals surface area (Å²) >= 11 is 0. The molecule has 0 saturated heterocycles. The number of rotatable bonds is 5. The van der Waals surface area contributed by atoms with Crippen LogP contribution in [0.2, 0.25) is 0 Å². The lowest BCUT2D eigenvalue weighted by Crippen LogP contribution is -2.03. The van der Waals surface area contributed by atoms with Gasteiger partial charge in [0, 0.05) is 0 Å². The molecule has 0 amide bonds. The quantitative estimate of drug-likeness (QED) is 0.809. The van der Waals surface area contributed by atoms with E-state index in [0.717, 1.165) is 11.3 Å². The van der Waals surface area contributed by atoms with Crippen molar-refractivity contribution in [1.29, 1.82) is 0 Å². The second kappa shape index (κ2) is 5.39. The van der Waals surface area contributed by atoms with Crippen LogP contribution in [0.4, 0.5) is 0 Å². The van der Waals surface area contributed by atoms with Crippen molar-refractivity contribution < 1.29 is 14.6 Å². The number of ether oxygens (including phenoxy) is 1. The van der Waals surface area contributed by atoms with Crippen LogP contribution in [0, 0.1) is 0 Å². The number of carboxylic acids is 1. The number of hydrogen-bond acceptors (Lipinski definition) is 2. The predicted molar refractivity (Wildman–Crippen MR) is 58.3 cm³/mol. The Morgan fingerprint density at radius 1 is 1.53 bits per heavy atom. The van der Waals surface area contributed by atoms with Crippen LogP contribution in [0.1, 0.15) is 31.7 Å². The Morgan fingerprint density at radius 2 is 2.27 bits per heavy atom. The summed E-state index contributed by atoms with van der Waals surface area (Å²) < 4.78 is 5.35. The third-order valence-electron chi connectivity index (χ3n) is 2.22. The molecule has 1 aromatic carbocycles. The molecule has 3 heteroatoms. The van der Waals surface area contributed by atoms with E-state index in [0.29, 0.717) is 6.61 Å². The zero-order chi connectivity index (χ0) is 11.3. The van der Waals surface area contributed by atoms with Crippen molar-refractivity contribution in [2.75, 3.05) is 6.61 Å². The van der Waals surface area contributed by atoms with Crippen molar-refractivity contribution in [2.45, 2.75) is 26.2 Å². The van der Waals surface area contributed by atoms with Gasteiger partial charge in [0.05, 0.1) is 13.0 Å². The molecule has 15 heavy (non-hydrogen) atoms. The lowest BCUT2D eigenvalue weighted by atomic mass is 9.98. The highest BCUT2D eigenvalue weighted by Gasteiger charge is 2.10. The van der Waals surface area contributed by atoms with Gasteiger partial charge in [-0.15, -0.1) is 0 Å². The molecule has 0 saturated carbocycles. The van der Waals surface area contributed by atoms with E-state index >= 15 is 0 Å². The van der Waals surface area contributed by atoms with E-state index in [1.807, 2.05) is 38.1 Å². The molecule has 0 radical (unpaired) electrons. The first-order valence-corrected chi connectivity index (χ1v) is 5.08. The lowest BCUT2D eigenvalue weighted by molar-refractivity contribution is -0.137. The summed E-state index contributed by atoms with van der Waals surface area (Å²) in [7, 11) is 0. The molecule has 0 heterocycles. The van der Waals surface area contributed by atoms with E-state index in [1.165, 1.54) is 0 Å². The van der Waals surface area contributed by atoms with Crippen LogP contribution in [0.5, 0.6) is 5.75 Å². The van der Waals surface area contributed by atoms with Crippen molar-refractivity contribution in [3.63, 3.8) is 0 Å². The number of benzene rings is 1.